The van der Waals surface area contributed by atoms with Gasteiger partial charge in [0.15, 0.2) is 0 Å². The van der Waals surface area contributed by atoms with Gasteiger partial charge in [-0.25, -0.2) is 4.79 Å². The normalized spacial score (nSPS) is 14.5. The molecule has 7 amide bonds. The average Bonchev–Trinajstić information content (AvgIpc) is 3.20. The van der Waals surface area contributed by atoms with E-state index in [-0.39, 0.29) is 37.4 Å². The molecule has 0 unspecified atom stereocenters. The van der Waals surface area contributed by atoms with Gasteiger partial charge in [0.05, 0.1) is 19.2 Å². The van der Waals surface area contributed by atoms with Crippen LogP contribution in [0.5, 0.6) is 5.75 Å². The standard InChI is InChI=1S/C40H58N8O11S/c1-22(2)17-31(40(58)59)48-38(56)29(18-25-9-7-6-8-10-25)46-37(55)30(19-26-11-13-27(50)14-12-26)47-39(57)32(21-49)44-33(51)20-42-35(53)24(4)43-36(54)28(15-16-60-5)45-34(52)23(3)41/h6-14,22-24,28-32,49-50H,15-21,41H2,1-5H3,(H,42,53)(H,43,54)(H,44,51)(H,45,52)(H,46,55)(H,47,57)(H,48,56)(H,58,59)/t23-,24-,28-,29-,30-,31-,32-/m0/s1. The molecule has 2 rings (SSSR count). The van der Waals surface area contributed by atoms with E-state index in [4.69, 9.17) is 5.73 Å². The second-order valence-electron chi connectivity index (χ2n) is 14.6. The number of aromatic hydroxyl groups is 1. The zero-order valence-electron chi connectivity index (χ0n) is 34.4. The number of rotatable bonds is 25. The van der Waals surface area contributed by atoms with Crippen LogP contribution in [0.2, 0.25) is 0 Å². The lowest BCUT2D eigenvalue weighted by Crippen LogP contribution is -2.59. The Balaban J connectivity index is 2.20. The molecule has 2 aromatic carbocycles. The molecule has 60 heavy (non-hydrogen) atoms. The van der Waals surface area contributed by atoms with Gasteiger partial charge in [-0.2, -0.15) is 11.8 Å². The third-order valence-electron chi connectivity index (χ3n) is 8.91. The Labute approximate surface area is 353 Å². The minimum atomic E-state index is -1.62. The summed E-state index contributed by atoms with van der Waals surface area (Å²) in [6.07, 6.45) is 1.98. The zero-order chi connectivity index (χ0) is 44.9. The number of hydrogen-bond donors (Lipinski definition) is 11. The number of nitrogens with one attached hydrogen (secondary N) is 7. The summed E-state index contributed by atoms with van der Waals surface area (Å²) in [6, 6.07) is 5.78. The number of benzene rings is 2. The molecule has 7 atom stereocenters. The van der Waals surface area contributed by atoms with Crippen molar-refractivity contribution in [2.75, 3.05) is 25.2 Å². The highest BCUT2D eigenvalue weighted by molar-refractivity contribution is 7.98. The molecule has 0 aliphatic heterocycles. The molecule has 0 heterocycles. The van der Waals surface area contributed by atoms with E-state index in [9.17, 15) is 53.7 Å². The molecular formula is C40H58N8O11S. The fourth-order valence-corrected chi connectivity index (χ4v) is 6.06. The maximum atomic E-state index is 14.0. The fourth-order valence-electron chi connectivity index (χ4n) is 5.59. The lowest BCUT2D eigenvalue weighted by atomic mass is 10.0. The third kappa shape index (κ3) is 18.0. The van der Waals surface area contributed by atoms with Gasteiger partial charge in [-0.15, -0.1) is 0 Å². The lowest BCUT2D eigenvalue weighted by molar-refractivity contribution is -0.142. The summed E-state index contributed by atoms with van der Waals surface area (Å²) in [7, 11) is 0. The highest BCUT2D eigenvalue weighted by Crippen LogP contribution is 2.13. The summed E-state index contributed by atoms with van der Waals surface area (Å²) in [6.45, 7) is 4.80. The summed E-state index contributed by atoms with van der Waals surface area (Å²) < 4.78 is 0. The molecular weight excluding hydrogens is 801 g/mol. The first kappa shape index (κ1) is 50.4. The summed E-state index contributed by atoms with van der Waals surface area (Å²) in [5.41, 5.74) is 6.72. The van der Waals surface area contributed by atoms with Crippen molar-refractivity contribution < 1.29 is 53.7 Å². The minimum Gasteiger partial charge on any atom is -0.508 e. The van der Waals surface area contributed by atoms with Gasteiger partial charge in [0, 0.05) is 12.8 Å². The van der Waals surface area contributed by atoms with Crippen LogP contribution in [0.15, 0.2) is 54.6 Å². The number of nitrogens with two attached hydrogens (primary N) is 1. The minimum absolute atomic E-state index is 0.0433. The van der Waals surface area contributed by atoms with Crippen molar-refractivity contribution in [2.45, 2.75) is 95.7 Å². The number of phenolic OH excluding ortho intramolecular Hbond substituents is 1. The van der Waals surface area contributed by atoms with Crippen molar-refractivity contribution in [3.8, 4) is 5.75 Å². The number of carboxylic acids is 1. The zero-order valence-corrected chi connectivity index (χ0v) is 35.2. The van der Waals surface area contributed by atoms with Crippen molar-refractivity contribution in [1.29, 1.82) is 0 Å². The molecule has 0 fully saturated rings. The molecule has 20 heteroatoms. The Morgan fingerprint density at radius 2 is 1.13 bits per heavy atom. The van der Waals surface area contributed by atoms with E-state index < -0.39 is 103 Å². The molecule has 0 aromatic heterocycles. The molecule has 0 radical (unpaired) electrons. The van der Waals surface area contributed by atoms with Gasteiger partial charge in [-0.3, -0.25) is 33.6 Å². The van der Waals surface area contributed by atoms with E-state index in [2.05, 4.69) is 37.2 Å². The van der Waals surface area contributed by atoms with Crippen LogP contribution in [0.25, 0.3) is 0 Å². The summed E-state index contributed by atoms with van der Waals surface area (Å²) >= 11 is 1.45. The third-order valence-corrected chi connectivity index (χ3v) is 9.56. The van der Waals surface area contributed by atoms with Crippen LogP contribution >= 0.6 is 11.8 Å². The van der Waals surface area contributed by atoms with Crippen molar-refractivity contribution in [3.05, 3.63) is 65.7 Å². The highest BCUT2D eigenvalue weighted by Gasteiger charge is 2.32. The Bertz CT molecular complexity index is 1770. The number of carboxylic acid groups (broad SMARTS) is 1. The number of aliphatic hydroxyl groups is 1. The van der Waals surface area contributed by atoms with Crippen LogP contribution in [0.4, 0.5) is 0 Å². The Morgan fingerprint density at radius 3 is 1.63 bits per heavy atom. The molecule has 0 saturated carbocycles. The second kappa shape index (κ2) is 25.7. The fraction of sp³-hybridized carbons (Fsp3) is 0.500. The average molecular weight is 859 g/mol. The first-order valence-electron chi connectivity index (χ1n) is 19.3. The smallest absolute Gasteiger partial charge is 0.326 e. The van der Waals surface area contributed by atoms with Crippen molar-refractivity contribution in [3.63, 3.8) is 0 Å². The van der Waals surface area contributed by atoms with Crippen molar-refractivity contribution >= 4 is 59.1 Å². The molecule has 2 aromatic rings. The predicted molar refractivity (Wildman–Crippen MR) is 223 cm³/mol. The molecule has 330 valence electrons. The second-order valence-corrected chi connectivity index (χ2v) is 15.6. The highest BCUT2D eigenvalue weighted by atomic mass is 32.2. The van der Waals surface area contributed by atoms with Crippen molar-refractivity contribution in [1.82, 2.24) is 37.2 Å². The van der Waals surface area contributed by atoms with Gasteiger partial charge in [0.1, 0.15) is 42.0 Å². The summed E-state index contributed by atoms with van der Waals surface area (Å²) in [4.78, 5) is 104. The topological polar surface area (TPSA) is 307 Å². The molecule has 12 N–H and O–H groups in total. The number of hydrogen-bond acceptors (Lipinski definition) is 12. The maximum absolute atomic E-state index is 14.0. The number of phenols is 1. The van der Waals surface area contributed by atoms with Gasteiger partial charge in [0.25, 0.3) is 0 Å². The van der Waals surface area contributed by atoms with Crippen LogP contribution in [0, 0.1) is 5.92 Å². The molecule has 0 saturated heterocycles. The Morgan fingerprint density at radius 1 is 0.633 bits per heavy atom. The van der Waals surface area contributed by atoms with E-state index in [1.807, 2.05) is 6.26 Å². The van der Waals surface area contributed by atoms with E-state index in [1.54, 1.807) is 44.2 Å². The van der Waals surface area contributed by atoms with Gasteiger partial charge >= 0.3 is 5.97 Å². The lowest BCUT2D eigenvalue weighted by Gasteiger charge is -2.26. The number of amides is 7. The van der Waals surface area contributed by atoms with E-state index in [0.717, 1.165) is 0 Å². The van der Waals surface area contributed by atoms with Crippen LogP contribution in [-0.4, -0.2) is 130 Å². The quantitative estimate of drug-likeness (QED) is 0.0540. The molecule has 0 bridgehead atoms. The van der Waals surface area contributed by atoms with Crippen LogP contribution in [0.1, 0.15) is 51.7 Å². The van der Waals surface area contributed by atoms with E-state index >= 15 is 0 Å². The van der Waals surface area contributed by atoms with Gasteiger partial charge in [0.2, 0.25) is 41.4 Å². The summed E-state index contributed by atoms with van der Waals surface area (Å²) in [5, 5.41) is 46.9. The van der Waals surface area contributed by atoms with Gasteiger partial charge in [-0.05, 0) is 67.9 Å². The Hall–Kier alpha value is -5.73. The predicted octanol–water partition coefficient (Wildman–Crippen LogP) is -1.55. The molecule has 19 nitrogen and oxygen atoms in total. The molecule has 0 aliphatic carbocycles. The maximum Gasteiger partial charge on any atom is 0.326 e. The van der Waals surface area contributed by atoms with E-state index in [0.29, 0.717) is 16.9 Å². The van der Waals surface area contributed by atoms with Crippen LogP contribution in [0.3, 0.4) is 0 Å². The van der Waals surface area contributed by atoms with Crippen molar-refractivity contribution in [2.24, 2.45) is 11.7 Å². The molecule has 0 spiro atoms. The largest absolute Gasteiger partial charge is 0.508 e. The van der Waals surface area contributed by atoms with Crippen LogP contribution < -0.4 is 43.0 Å². The van der Waals surface area contributed by atoms with Gasteiger partial charge < -0.3 is 58.3 Å². The first-order chi connectivity index (χ1) is 28.3. The SMILES string of the molecule is CSCC[C@H](NC(=O)[C@H](C)N)C(=O)N[C@@H](C)C(=O)NCC(=O)N[C@@H](CO)C(=O)N[C@@H](Cc1ccc(O)cc1)C(=O)N[C@@H](Cc1ccccc1)C(=O)N[C@@H](CC(C)C)C(=O)O. The molecule has 0 aliphatic rings. The van der Waals surface area contributed by atoms with Crippen LogP contribution in [-0.2, 0) is 51.2 Å². The Kier molecular flexibility index (Phi) is 21.6. The number of carbonyl (C=O) groups excluding carboxylic acids is 7. The van der Waals surface area contributed by atoms with E-state index in [1.165, 1.54) is 49.9 Å². The number of thioether (sulfide) groups is 1. The number of carbonyl (C=O) groups is 8. The summed E-state index contributed by atoms with van der Waals surface area (Å²) in [5.74, 6) is -6.40. The first-order valence-corrected chi connectivity index (χ1v) is 20.7. The van der Waals surface area contributed by atoms with Gasteiger partial charge in [-0.1, -0.05) is 56.3 Å². The number of aliphatic hydroxyl groups excluding tert-OH is 1. The monoisotopic (exact) mass is 858 g/mol. The number of aliphatic carboxylic acids is 1.